The Morgan fingerprint density at radius 1 is 0.323 bits per heavy atom. The molecule has 0 aromatic rings. The maximum atomic E-state index is 12.9. The van der Waals surface area contributed by atoms with E-state index in [0.717, 1.165) is 154 Å². The van der Waals surface area contributed by atoms with E-state index in [1.165, 1.54) is 96.3 Å². The van der Waals surface area contributed by atoms with Crippen molar-refractivity contribution in [3.63, 3.8) is 0 Å². The van der Waals surface area contributed by atoms with E-state index in [-0.39, 0.29) is 26.1 Å². The zero-order valence-corrected chi connectivity index (χ0v) is 62.6. The Morgan fingerprint density at radius 3 is 0.833 bits per heavy atom. The van der Waals surface area contributed by atoms with E-state index in [1.807, 2.05) is 21.1 Å². The maximum Gasteiger partial charge on any atom is 0.306 e. The summed E-state index contributed by atoms with van der Waals surface area (Å²) in [4.78, 5) is 38.1. The van der Waals surface area contributed by atoms with Gasteiger partial charge in [-0.25, -0.2) is 0 Å². The van der Waals surface area contributed by atoms with Crippen LogP contribution in [0.4, 0.5) is 0 Å². The molecule has 0 fully saturated rings. The van der Waals surface area contributed by atoms with Crippen LogP contribution in [0.3, 0.4) is 0 Å². The summed E-state index contributed by atoms with van der Waals surface area (Å²) in [7, 11) is 1.13. The van der Waals surface area contributed by atoms with E-state index in [0.29, 0.717) is 17.4 Å². The second kappa shape index (κ2) is 74.1. The largest absolute Gasteiger partial charge is 0.756 e. The number of quaternary nitrogens is 1. The number of hydrogen-bond acceptors (Lipinski definition) is 8. The van der Waals surface area contributed by atoms with Crippen LogP contribution >= 0.6 is 7.82 Å². The normalized spacial score (nSPS) is 14.2. The summed E-state index contributed by atoms with van der Waals surface area (Å²) in [5, 5.41) is 0. The Morgan fingerprint density at radius 2 is 0.562 bits per heavy atom. The van der Waals surface area contributed by atoms with Gasteiger partial charge >= 0.3 is 11.9 Å². The minimum absolute atomic E-state index is 0.0439. The van der Waals surface area contributed by atoms with Crippen molar-refractivity contribution in [3.8, 4) is 0 Å². The third-order valence-corrected chi connectivity index (χ3v) is 16.6. The summed E-state index contributed by atoms with van der Waals surface area (Å²) < 4.78 is 34.3. The van der Waals surface area contributed by atoms with Crippen molar-refractivity contribution in [2.24, 2.45) is 0 Å². The highest BCUT2D eigenvalue weighted by Crippen LogP contribution is 2.38. The number of unbranched alkanes of at least 4 members (excludes halogenated alkanes) is 22. The molecule has 10 heteroatoms. The maximum absolute atomic E-state index is 12.9. The highest BCUT2D eigenvalue weighted by molar-refractivity contribution is 7.45. The quantitative estimate of drug-likeness (QED) is 0.0195. The van der Waals surface area contributed by atoms with Crippen LogP contribution in [0.2, 0.25) is 0 Å². The first kappa shape index (κ1) is 90.8. The Kier molecular flexibility index (Phi) is 70.1. The van der Waals surface area contributed by atoms with Crippen molar-refractivity contribution >= 4 is 19.8 Å². The first-order chi connectivity index (χ1) is 47.0. The average Bonchev–Trinajstić information content (AvgIpc) is 1.48. The van der Waals surface area contributed by atoms with Crippen LogP contribution in [-0.2, 0) is 32.7 Å². The summed E-state index contributed by atoms with van der Waals surface area (Å²) >= 11 is 0. The number of hydrogen-bond donors (Lipinski definition) is 0. The molecule has 0 amide bonds. The van der Waals surface area contributed by atoms with E-state index in [4.69, 9.17) is 18.5 Å². The monoisotopic (exact) mass is 1350 g/mol. The second-order valence-electron chi connectivity index (χ2n) is 25.9. The van der Waals surface area contributed by atoms with Crippen molar-refractivity contribution in [3.05, 3.63) is 194 Å². The van der Waals surface area contributed by atoms with Crippen molar-refractivity contribution in [1.82, 2.24) is 0 Å². The molecular formula is C86H140NO8P. The number of likely N-dealkylation sites (N-methyl/N-ethyl adjacent to an activating group) is 1. The van der Waals surface area contributed by atoms with Crippen LogP contribution in [0.1, 0.15) is 284 Å². The molecule has 0 aliphatic rings. The van der Waals surface area contributed by atoms with E-state index >= 15 is 0 Å². The van der Waals surface area contributed by atoms with Crippen LogP contribution in [-0.4, -0.2) is 70.0 Å². The molecule has 0 aromatic carbocycles. The lowest BCUT2D eigenvalue weighted by molar-refractivity contribution is -0.870. The molecule has 2 unspecified atom stereocenters. The first-order valence-electron chi connectivity index (χ1n) is 38.1. The fraction of sp³-hybridized carbons (Fsp3) is 0.605. The first-order valence-corrected chi connectivity index (χ1v) is 39.6. The number of phosphoric acid groups is 1. The average molecular weight is 1350 g/mol. The lowest BCUT2D eigenvalue weighted by Crippen LogP contribution is -2.37. The lowest BCUT2D eigenvalue weighted by Gasteiger charge is -2.28. The van der Waals surface area contributed by atoms with Crippen molar-refractivity contribution in [2.75, 3.05) is 47.5 Å². The molecule has 0 saturated heterocycles. The lowest BCUT2D eigenvalue weighted by atomic mass is 10.0. The predicted octanol–water partition coefficient (Wildman–Crippen LogP) is 25.0. The smallest absolute Gasteiger partial charge is 0.306 e. The Hall–Kier alpha value is -5.15. The topological polar surface area (TPSA) is 111 Å². The van der Waals surface area contributed by atoms with Gasteiger partial charge < -0.3 is 27.9 Å². The van der Waals surface area contributed by atoms with Crippen LogP contribution < -0.4 is 4.89 Å². The van der Waals surface area contributed by atoms with Gasteiger partial charge in [0.25, 0.3) is 7.82 Å². The molecular weight excluding hydrogens is 1210 g/mol. The summed E-state index contributed by atoms with van der Waals surface area (Å²) in [6, 6.07) is 0. The van der Waals surface area contributed by atoms with Crippen LogP contribution in [0, 0.1) is 0 Å². The zero-order chi connectivity index (χ0) is 69.7. The van der Waals surface area contributed by atoms with E-state index in [9.17, 15) is 19.0 Å². The number of esters is 2. The molecule has 0 bridgehead atoms. The van der Waals surface area contributed by atoms with Crippen LogP contribution in [0.15, 0.2) is 194 Å². The number of rotatable bonds is 68. The number of phosphoric ester groups is 1. The predicted molar refractivity (Wildman–Crippen MR) is 415 cm³/mol. The highest BCUT2D eigenvalue weighted by Gasteiger charge is 2.22. The molecule has 542 valence electrons. The summed E-state index contributed by atoms with van der Waals surface area (Å²) in [5.41, 5.74) is 0. The van der Waals surface area contributed by atoms with Gasteiger partial charge in [0.1, 0.15) is 19.8 Å². The van der Waals surface area contributed by atoms with Gasteiger partial charge in [-0.2, -0.15) is 0 Å². The summed E-state index contributed by atoms with van der Waals surface area (Å²) in [6.45, 7) is 3.98. The molecule has 96 heavy (non-hydrogen) atoms. The van der Waals surface area contributed by atoms with Gasteiger partial charge in [0, 0.05) is 12.8 Å². The fourth-order valence-electron chi connectivity index (χ4n) is 9.87. The van der Waals surface area contributed by atoms with E-state index in [2.05, 4.69) is 208 Å². The van der Waals surface area contributed by atoms with Crippen molar-refractivity contribution < 1.29 is 42.1 Å². The Labute approximate surface area is 590 Å². The molecule has 0 rings (SSSR count). The number of ether oxygens (including phenoxy) is 2. The molecule has 2 atom stereocenters. The molecule has 0 spiro atoms. The standard InChI is InChI=1S/C86H140NO8P/c1-6-8-10-12-14-16-18-20-22-24-26-28-30-32-34-36-38-40-41-42-43-44-45-47-48-50-52-54-56-58-60-62-64-66-68-70-72-74-76-78-85(88)92-82-84(83-94-96(90,91)93-81-80-87(3,4)5)95-86(89)79-77-75-73-71-69-67-65-63-61-59-57-55-53-51-49-46-39-37-35-33-31-29-27-25-23-21-19-17-15-13-11-9-7-2/h8-11,14-17,20-23,26-29,32-35,38-40,42-43,46,51,53,57,59,63,65,84H,6-7,12-13,18-19,24-25,30-31,36-37,41,44-45,47-50,52,54-56,58,60-62,64,66-83H2,1-5H3/b10-8-,11-9-,16-14-,17-15-,22-20-,23-21-,28-26-,29-27-,34-32-,35-33-,40-38-,43-42-,46-39-,53-51-,59-57-,65-63-. The Balaban J connectivity index is 4.09. The highest BCUT2D eigenvalue weighted by atomic mass is 31.2. The van der Waals surface area contributed by atoms with Gasteiger partial charge in [0.15, 0.2) is 6.10 Å². The van der Waals surface area contributed by atoms with Crippen LogP contribution in [0.25, 0.3) is 0 Å². The number of nitrogens with zero attached hydrogens (tertiary/aromatic N) is 1. The van der Waals surface area contributed by atoms with E-state index in [1.54, 1.807) is 0 Å². The second-order valence-corrected chi connectivity index (χ2v) is 27.3. The molecule has 9 nitrogen and oxygen atoms in total. The molecule has 0 aliphatic heterocycles. The fourth-order valence-corrected chi connectivity index (χ4v) is 10.6. The minimum Gasteiger partial charge on any atom is -0.756 e. The van der Waals surface area contributed by atoms with Crippen LogP contribution in [0.5, 0.6) is 0 Å². The number of allylic oxidation sites excluding steroid dienone is 32. The van der Waals surface area contributed by atoms with Gasteiger partial charge in [-0.15, -0.1) is 0 Å². The van der Waals surface area contributed by atoms with Gasteiger partial charge in [0.05, 0.1) is 27.7 Å². The molecule has 0 radical (unpaired) electrons. The molecule has 0 aromatic heterocycles. The van der Waals surface area contributed by atoms with Gasteiger partial charge in [0.2, 0.25) is 0 Å². The number of carbonyl (C=O) groups is 2. The molecule has 0 saturated carbocycles. The SMILES string of the molecule is CC/C=C\C/C=C\C/C=C\C/C=C\C/C=C\C/C=C\C/C=C\C/C=C\C/C=C\CCCCCCCC(=O)OC(COC(=O)CCCCCCCCCCCCCCCCCCC/C=C\C/C=C\C/C=C\C/C=C\C/C=C\C/C=C\C/C=C\CC)COP(=O)([O-])OCC[N+](C)(C)C. The third-order valence-electron chi connectivity index (χ3n) is 15.6. The molecule has 0 aliphatic carbocycles. The number of carbonyl (C=O) groups excluding carboxylic acids is 2. The Bertz CT molecular complexity index is 2330. The third kappa shape index (κ3) is 77.9. The summed E-state index contributed by atoms with van der Waals surface area (Å²) in [6.07, 6.45) is 115. The molecule has 0 heterocycles. The van der Waals surface area contributed by atoms with Gasteiger partial charge in [-0.05, 0) is 141 Å². The van der Waals surface area contributed by atoms with Gasteiger partial charge in [-0.1, -0.05) is 324 Å². The van der Waals surface area contributed by atoms with E-state index < -0.39 is 32.5 Å². The summed E-state index contributed by atoms with van der Waals surface area (Å²) in [5.74, 6) is -0.862. The zero-order valence-electron chi connectivity index (χ0n) is 61.7. The molecule has 0 N–H and O–H groups in total. The van der Waals surface area contributed by atoms with Crippen molar-refractivity contribution in [2.45, 2.75) is 290 Å². The van der Waals surface area contributed by atoms with Gasteiger partial charge in [-0.3, -0.25) is 14.2 Å². The van der Waals surface area contributed by atoms with Crippen molar-refractivity contribution in [1.29, 1.82) is 0 Å². The minimum atomic E-state index is -4.66.